The van der Waals surface area contributed by atoms with E-state index in [0.717, 1.165) is 43.8 Å². The molecule has 0 radical (unpaired) electrons. The molecular formula is C35H28Cl2N2O3. The minimum atomic E-state index is -1.31. The fraction of sp³-hybridized carbons (Fsp3) is 0.229. The van der Waals surface area contributed by atoms with Crippen molar-refractivity contribution in [1.82, 2.24) is 4.90 Å². The monoisotopic (exact) mass is 594 g/mol. The van der Waals surface area contributed by atoms with Crippen LogP contribution in [0.1, 0.15) is 38.9 Å². The molecule has 4 aliphatic rings. The van der Waals surface area contributed by atoms with Crippen LogP contribution in [0.15, 0.2) is 97.1 Å². The lowest BCUT2D eigenvalue weighted by Crippen LogP contribution is -2.57. The lowest BCUT2D eigenvalue weighted by atomic mass is 9.54. The molecule has 3 amide bonds. The number of benzene rings is 4. The molecule has 5 nitrogen and oxygen atoms in total. The maximum Gasteiger partial charge on any atom is 0.248 e. The summed E-state index contributed by atoms with van der Waals surface area (Å²) in [7, 11) is 0. The standard InChI is InChI=1S/C35H28Cl2N2O3/c1-20-16-17-21(2)27(18-20)38-31(40)28(19-22-10-4-3-5-11-22)39-32(41)29-30(33(39)42)35(37)24-13-7-6-12-23(24)34(29,36)25-14-8-9-15-26(25)35/h3-18,28-30H,19H2,1-2H3,(H,38,40)/t28-,29-,30+,34?,35?/m1/s1. The van der Waals surface area contributed by atoms with Gasteiger partial charge < -0.3 is 5.32 Å². The molecule has 1 heterocycles. The summed E-state index contributed by atoms with van der Waals surface area (Å²) >= 11 is 15.2. The predicted molar refractivity (Wildman–Crippen MR) is 163 cm³/mol. The molecule has 1 aliphatic heterocycles. The fourth-order valence-corrected chi connectivity index (χ4v) is 8.32. The van der Waals surface area contributed by atoms with Crippen LogP contribution in [0.2, 0.25) is 0 Å². The van der Waals surface area contributed by atoms with E-state index < -0.39 is 45.3 Å². The van der Waals surface area contributed by atoms with Gasteiger partial charge in [0.05, 0.1) is 11.8 Å². The summed E-state index contributed by atoms with van der Waals surface area (Å²) in [5, 5.41) is 3.01. The minimum Gasteiger partial charge on any atom is -0.324 e. The summed E-state index contributed by atoms with van der Waals surface area (Å²) in [4.78, 5) is 41.8. The number of hydrogen-bond donors (Lipinski definition) is 1. The largest absolute Gasteiger partial charge is 0.324 e. The molecule has 4 aromatic carbocycles. The van der Waals surface area contributed by atoms with Crippen LogP contribution in [0.3, 0.4) is 0 Å². The highest BCUT2D eigenvalue weighted by Crippen LogP contribution is 2.69. The molecule has 1 N–H and O–H groups in total. The van der Waals surface area contributed by atoms with Gasteiger partial charge >= 0.3 is 0 Å². The quantitative estimate of drug-likeness (QED) is 0.213. The van der Waals surface area contributed by atoms with Crippen molar-refractivity contribution in [2.75, 3.05) is 5.32 Å². The molecule has 8 rings (SSSR count). The van der Waals surface area contributed by atoms with Gasteiger partial charge in [0.15, 0.2) is 0 Å². The Kier molecular flexibility index (Phi) is 6.12. The van der Waals surface area contributed by atoms with Gasteiger partial charge in [0.25, 0.3) is 0 Å². The highest BCUT2D eigenvalue weighted by molar-refractivity contribution is 6.36. The number of hydrogen-bond acceptors (Lipinski definition) is 3. The number of nitrogens with one attached hydrogen (secondary N) is 1. The molecule has 42 heavy (non-hydrogen) atoms. The SMILES string of the molecule is Cc1ccc(C)c(NC(=O)[C@@H](Cc2ccccc2)N2C(=O)[C@@H]3[C@H](C2=O)C2(Cl)c4ccccc4C3(Cl)c3ccccc32)c1. The number of amides is 3. The summed E-state index contributed by atoms with van der Waals surface area (Å²) in [5.41, 5.74) is 6.22. The number of rotatable bonds is 5. The lowest BCUT2D eigenvalue weighted by Gasteiger charge is -2.54. The first kappa shape index (κ1) is 26.9. The van der Waals surface area contributed by atoms with Crippen molar-refractivity contribution in [3.63, 3.8) is 0 Å². The van der Waals surface area contributed by atoms with Crippen LogP contribution in [0, 0.1) is 25.7 Å². The van der Waals surface area contributed by atoms with Crippen LogP contribution in [0.25, 0.3) is 0 Å². The first-order chi connectivity index (χ1) is 20.2. The van der Waals surface area contributed by atoms with Crippen molar-refractivity contribution < 1.29 is 14.4 Å². The molecule has 1 saturated heterocycles. The second-order valence-electron chi connectivity index (χ2n) is 11.5. The summed E-state index contributed by atoms with van der Waals surface area (Å²) in [5.74, 6) is -3.35. The van der Waals surface area contributed by atoms with Crippen molar-refractivity contribution in [3.05, 3.63) is 136 Å². The Balaban J connectivity index is 1.37. The number of likely N-dealkylation sites (tertiary alicyclic amines) is 1. The summed E-state index contributed by atoms with van der Waals surface area (Å²) in [6.45, 7) is 3.85. The predicted octanol–water partition coefficient (Wildman–Crippen LogP) is 6.45. The Labute approximate surface area is 254 Å². The van der Waals surface area contributed by atoms with Gasteiger partial charge in [-0.25, -0.2) is 0 Å². The molecule has 3 atom stereocenters. The minimum absolute atomic E-state index is 0.152. The van der Waals surface area contributed by atoms with E-state index >= 15 is 0 Å². The Morgan fingerprint density at radius 2 is 1.24 bits per heavy atom. The highest BCUT2D eigenvalue weighted by Gasteiger charge is 2.73. The molecule has 210 valence electrons. The normalized spacial score (nSPS) is 26.0. The molecule has 0 saturated carbocycles. The van der Waals surface area contributed by atoms with Crippen LogP contribution >= 0.6 is 23.2 Å². The van der Waals surface area contributed by atoms with E-state index in [4.69, 9.17) is 23.2 Å². The first-order valence-electron chi connectivity index (χ1n) is 14.0. The zero-order chi connectivity index (χ0) is 29.4. The maximum atomic E-state index is 14.6. The molecule has 3 aliphatic carbocycles. The van der Waals surface area contributed by atoms with Crippen molar-refractivity contribution in [2.45, 2.75) is 36.1 Å². The van der Waals surface area contributed by atoms with E-state index in [2.05, 4.69) is 5.32 Å². The van der Waals surface area contributed by atoms with Gasteiger partial charge in [-0.3, -0.25) is 19.3 Å². The third-order valence-corrected chi connectivity index (χ3v) is 10.4. The third kappa shape index (κ3) is 3.60. The molecule has 1 fully saturated rings. The van der Waals surface area contributed by atoms with Gasteiger partial charge in [-0.15, -0.1) is 23.2 Å². The summed E-state index contributed by atoms with van der Waals surface area (Å²) < 4.78 is 0. The van der Waals surface area contributed by atoms with Crippen LogP contribution in [-0.4, -0.2) is 28.7 Å². The van der Waals surface area contributed by atoms with E-state index in [-0.39, 0.29) is 6.42 Å². The molecule has 7 heteroatoms. The van der Waals surface area contributed by atoms with Crippen molar-refractivity contribution in [3.8, 4) is 0 Å². The zero-order valence-electron chi connectivity index (χ0n) is 23.1. The average Bonchev–Trinajstić information content (AvgIpc) is 3.27. The molecular weight excluding hydrogens is 567 g/mol. The summed E-state index contributed by atoms with van der Waals surface area (Å²) in [6, 6.07) is 29.1. The Morgan fingerprint density at radius 1 is 0.762 bits per heavy atom. The molecule has 0 spiro atoms. The molecule has 0 unspecified atom stereocenters. The maximum absolute atomic E-state index is 14.6. The van der Waals surface area contributed by atoms with Crippen molar-refractivity contribution in [2.24, 2.45) is 11.8 Å². The van der Waals surface area contributed by atoms with Gasteiger partial charge in [0.1, 0.15) is 15.8 Å². The number of aryl methyl sites for hydroxylation is 2. The van der Waals surface area contributed by atoms with Gasteiger partial charge in [0, 0.05) is 12.1 Å². The van der Waals surface area contributed by atoms with E-state index in [0.29, 0.717) is 5.69 Å². The number of carbonyl (C=O) groups excluding carboxylic acids is 3. The molecule has 2 bridgehead atoms. The fourth-order valence-electron chi connectivity index (χ4n) is 7.22. The highest BCUT2D eigenvalue weighted by atomic mass is 35.5. The van der Waals surface area contributed by atoms with Gasteiger partial charge in [-0.2, -0.15) is 0 Å². The Hall–Kier alpha value is -3.93. The zero-order valence-corrected chi connectivity index (χ0v) is 24.6. The summed E-state index contributed by atoms with van der Waals surface area (Å²) in [6.07, 6.45) is 0.152. The van der Waals surface area contributed by atoms with Gasteiger partial charge in [-0.05, 0) is 58.9 Å². The number of alkyl halides is 2. The van der Waals surface area contributed by atoms with E-state index in [1.165, 1.54) is 0 Å². The Morgan fingerprint density at radius 3 is 1.74 bits per heavy atom. The molecule has 0 aromatic heterocycles. The van der Waals surface area contributed by atoms with Crippen LogP contribution in [-0.2, 0) is 30.6 Å². The van der Waals surface area contributed by atoms with Gasteiger partial charge in [-0.1, -0.05) is 91.0 Å². The second kappa shape index (κ2) is 9.55. The Bertz CT molecular complexity index is 1660. The van der Waals surface area contributed by atoms with Crippen molar-refractivity contribution in [1.29, 1.82) is 0 Å². The topological polar surface area (TPSA) is 66.5 Å². The smallest absolute Gasteiger partial charge is 0.248 e. The molecule has 4 aromatic rings. The van der Waals surface area contributed by atoms with Crippen LogP contribution in [0.4, 0.5) is 5.69 Å². The van der Waals surface area contributed by atoms with E-state index in [1.807, 2.05) is 111 Å². The number of anilines is 1. The number of nitrogens with zero attached hydrogens (tertiary/aromatic N) is 1. The van der Waals surface area contributed by atoms with Crippen LogP contribution in [0.5, 0.6) is 0 Å². The number of carbonyl (C=O) groups is 3. The first-order valence-corrected chi connectivity index (χ1v) is 14.8. The second-order valence-corrected chi connectivity index (χ2v) is 12.7. The van der Waals surface area contributed by atoms with E-state index in [9.17, 15) is 14.4 Å². The number of halogens is 2. The van der Waals surface area contributed by atoms with Crippen molar-refractivity contribution >= 4 is 46.6 Å². The third-order valence-electron chi connectivity index (χ3n) is 9.16. The van der Waals surface area contributed by atoms with Gasteiger partial charge in [0.2, 0.25) is 17.7 Å². The van der Waals surface area contributed by atoms with Crippen LogP contribution < -0.4 is 5.32 Å². The average molecular weight is 596 g/mol. The van der Waals surface area contributed by atoms with E-state index in [1.54, 1.807) is 0 Å². The number of imide groups is 1. The lowest BCUT2D eigenvalue weighted by molar-refractivity contribution is -0.146.